The van der Waals surface area contributed by atoms with Crippen molar-refractivity contribution < 1.29 is 19.1 Å². The molecule has 4 aromatic rings. The van der Waals surface area contributed by atoms with E-state index in [2.05, 4.69) is 47.1 Å². The molecule has 5 rings (SSSR count). The lowest BCUT2D eigenvalue weighted by atomic mass is 10.0. The number of nitrogens with zero attached hydrogens (tertiary/aromatic N) is 1. The minimum absolute atomic E-state index is 0.0804. The van der Waals surface area contributed by atoms with Gasteiger partial charge in [0.2, 0.25) is 0 Å². The Balaban J connectivity index is 1.31. The van der Waals surface area contributed by atoms with Crippen LogP contribution in [-0.2, 0) is 23.0 Å². The molecule has 1 N–H and O–H groups in total. The van der Waals surface area contributed by atoms with Crippen molar-refractivity contribution in [2.24, 2.45) is 7.05 Å². The lowest BCUT2D eigenvalue weighted by Crippen LogP contribution is -2.26. The van der Waals surface area contributed by atoms with Crippen LogP contribution in [0.15, 0.2) is 66.7 Å². The molecular weight excluding hydrogens is 500 g/mol. The first-order valence-corrected chi connectivity index (χ1v) is 14.2. The summed E-state index contributed by atoms with van der Waals surface area (Å²) in [7, 11) is 2.04. The summed E-state index contributed by atoms with van der Waals surface area (Å²) in [4.78, 5) is 25.2. The standard InChI is InChI=1S/C34H38N2O4/c1-6-39-34(38)23(4)40-29-9-7-8-24(18-29)19-31-22(3)36(5)32-20-28(16-17-30(31)32)33(37)35-21(2)25-10-12-26(13-11-25)27-14-15-27/h7-13,16-18,20-21,23,27H,6,14-15,19H2,1-5H3,(H,35,37)/t21-,23?/m0/s1. The fourth-order valence-electron chi connectivity index (χ4n) is 5.29. The molecule has 0 aliphatic heterocycles. The molecule has 1 saturated carbocycles. The highest BCUT2D eigenvalue weighted by Crippen LogP contribution is 2.40. The number of amides is 1. The number of hydrogen-bond donors (Lipinski definition) is 1. The maximum atomic E-state index is 13.2. The van der Waals surface area contributed by atoms with Crippen LogP contribution in [0.3, 0.4) is 0 Å². The maximum Gasteiger partial charge on any atom is 0.347 e. The number of aromatic nitrogens is 1. The smallest absolute Gasteiger partial charge is 0.347 e. The number of carbonyl (C=O) groups excluding carboxylic acids is 2. The Morgan fingerprint density at radius 3 is 2.48 bits per heavy atom. The first-order valence-electron chi connectivity index (χ1n) is 14.2. The minimum atomic E-state index is -0.677. The van der Waals surface area contributed by atoms with Crippen molar-refractivity contribution in [1.82, 2.24) is 9.88 Å². The number of rotatable bonds is 10. The Kier molecular flexibility index (Phi) is 7.97. The van der Waals surface area contributed by atoms with Crippen LogP contribution in [0.4, 0.5) is 0 Å². The molecule has 1 aliphatic rings. The van der Waals surface area contributed by atoms with Gasteiger partial charge in [0.1, 0.15) is 5.75 Å². The summed E-state index contributed by atoms with van der Waals surface area (Å²) < 4.78 is 13.0. The van der Waals surface area contributed by atoms with E-state index in [0.29, 0.717) is 24.3 Å². The maximum absolute atomic E-state index is 13.2. The van der Waals surface area contributed by atoms with Crippen molar-refractivity contribution in [1.29, 1.82) is 0 Å². The van der Waals surface area contributed by atoms with Crippen LogP contribution >= 0.6 is 0 Å². The lowest BCUT2D eigenvalue weighted by Gasteiger charge is -2.15. The van der Waals surface area contributed by atoms with Gasteiger partial charge in [0, 0.05) is 29.2 Å². The fourth-order valence-corrected chi connectivity index (χ4v) is 5.29. The number of benzene rings is 3. The van der Waals surface area contributed by atoms with Gasteiger partial charge in [0.25, 0.3) is 5.91 Å². The van der Waals surface area contributed by atoms with Gasteiger partial charge in [-0.3, -0.25) is 4.79 Å². The van der Waals surface area contributed by atoms with Gasteiger partial charge < -0.3 is 19.4 Å². The molecule has 1 amide bonds. The van der Waals surface area contributed by atoms with E-state index in [1.807, 2.05) is 50.4 Å². The van der Waals surface area contributed by atoms with E-state index in [1.165, 1.54) is 24.0 Å². The molecule has 1 aromatic heterocycles. The molecule has 40 heavy (non-hydrogen) atoms. The van der Waals surface area contributed by atoms with Crippen LogP contribution in [-0.4, -0.2) is 29.2 Å². The molecule has 3 aromatic carbocycles. The van der Waals surface area contributed by atoms with Gasteiger partial charge in [0.05, 0.1) is 12.6 Å². The molecule has 6 nitrogen and oxygen atoms in total. The second-order valence-electron chi connectivity index (χ2n) is 10.8. The van der Waals surface area contributed by atoms with Crippen molar-refractivity contribution in [2.45, 2.75) is 65.0 Å². The second-order valence-corrected chi connectivity index (χ2v) is 10.8. The zero-order valence-corrected chi connectivity index (χ0v) is 24.0. The number of esters is 1. The van der Waals surface area contributed by atoms with Gasteiger partial charge in [-0.15, -0.1) is 0 Å². The third-order valence-corrected chi connectivity index (χ3v) is 7.93. The Morgan fingerprint density at radius 2 is 1.77 bits per heavy atom. The first-order chi connectivity index (χ1) is 19.2. The average molecular weight is 539 g/mol. The molecule has 208 valence electrons. The average Bonchev–Trinajstić information content (AvgIpc) is 3.78. The van der Waals surface area contributed by atoms with Crippen LogP contribution in [0.2, 0.25) is 0 Å². The summed E-state index contributed by atoms with van der Waals surface area (Å²) in [5.74, 6) is 0.896. The molecule has 2 atom stereocenters. The van der Waals surface area contributed by atoms with E-state index in [0.717, 1.165) is 33.6 Å². The van der Waals surface area contributed by atoms with Crippen LogP contribution in [0.1, 0.15) is 83.9 Å². The quantitative estimate of drug-likeness (QED) is 0.226. The molecule has 1 aliphatic carbocycles. The largest absolute Gasteiger partial charge is 0.479 e. The fraction of sp³-hybridized carbons (Fsp3) is 0.353. The Bertz CT molecular complexity index is 1530. The van der Waals surface area contributed by atoms with Crippen LogP contribution < -0.4 is 10.1 Å². The molecule has 6 heteroatoms. The highest BCUT2D eigenvalue weighted by Gasteiger charge is 2.23. The summed E-state index contributed by atoms with van der Waals surface area (Å²) >= 11 is 0. The lowest BCUT2D eigenvalue weighted by molar-refractivity contribution is -0.150. The minimum Gasteiger partial charge on any atom is -0.479 e. The van der Waals surface area contributed by atoms with Crippen LogP contribution in [0.5, 0.6) is 5.75 Å². The van der Waals surface area contributed by atoms with Gasteiger partial charge in [-0.2, -0.15) is 0 Å². The van der Waals surface area contributed by atoms with Gasteiger partial charge in [-0.1, -0.05) is 42.5 Å². The van der Waals surface area contributed by atoms with Crippen LogP contribution in [0.25, 0.3) is 10.9 Å². The van der Waals surface area contributed by atoms with E-state index in [4.69, 9.17) is 9.47 Å². The summed E-state index contributed by atoms with van der Waals surface area (Å²) in [6.45, 7) is 7.93. The normalized spacial score (nSPS) is 14.5. The first kappa shape index (κ1) is 27.5. The molecule has 1 fully saturated rings. The van der Waals surface area contributed by atoms with Crippen molar-refractivity contribution >= 4 is 22.8 Å². The van der Waals surface area contributed by atoms with E-state index >= 15 is 0 Å². The van der Waals surface area contributed by atoms with Crippen molar-refractivity contribution in [2.75, 3.05) is 6.61 Å². The molecule has 1 unspecified atom stereocenters. The molecule has 0 radical (unpaired) electrons. The van der Waals surface area contributed by atoms with Crippen molar-refractivity contribution in [3.8, 4) is 5.75 Å². The Hall–Kier alpha value is -4.06. The van der Waals surface area contributed by atoms with Gasteiger partial charge in [-0.05, 0) is 99.4 Å². The molecule has 0 saturated heterocycles. The molecule has 0 bridgehead atoms. The number of aryl methyl sites for hydroxylation is 1. The summed E-state index contributed by atoms with van der Waals surface area (Å²) in [5.41, 5.74) is 7.58. The zero-order valence-electron chi connectivity index (χ0n) is 24.0. The highest BCUT2D eigenvalue weighted by molar-refractivity contribution is 5.99. The third kappa shape index (κ3) is 5.91. The summed E-state index contributed by atoms with van der Waals surface area (Å²) in [5, 5.41) is 4.28. The predicted octanol–water partition coefficient (Wildman–Crippen LogP) is 6.78. The number of fused-ring (bicyclic) bond motifs is 1. The van der Waals surface area contributed by atoms with Crippen molar-refractivity contribution in [3.63, 3.8) is 0 Å². The second kappa shape index (κ2) is 11.6. The van der Waals surface area contributed by atoms with E-state index in [-0.39, 0.29) is 17.9 Å². The Morgan fingerprint density at radius 1 is 1.02 bits per heavy atom. The molecule has 1 heterocycles. The summed E-state index contributed by atoms with van der Waals surface area (Å²) in [6.07, 6.45) is 2.59. The highest BCUT2D eigenvalue weighted by atomic mass is 16.6. The van der Waals surface area contributed by atoms with Crippen LogP contribution in [0, 0.1) is 6.92 Å². The van der Waals surface area contributed by atoms with E-state index in [9.17, 15) is 9.59 Å². The number of hydrogen-bond acceptors (Lipinski definition) is 4. The van der Waals surface area contributed by atoms with Gasteiger partial charge >= 0.3 is 5.97 Å². The summed E-state index contributed by atoms with van der Waals surface area (Å²) in [6, 6.07) is 22.3. The number of ether oxygens (including phenoxy) is 2. The topological polar surface area (TPSA) is 69.6 Å². The van der Waals surface area contributed by atoms with E-state index < -0.39 is 6.10 Å². The molecule has 0 spiro atoms. The zero-order chi connectivity index (χ0) is 28.4. The van der Waals surface area contributed by atoms with Gasteiger partial charge in [-0.25, -0.2) is 4.79 Å². The van der Waals surface area contributed by atoms with Crippen molar-refractivity contribution in [3.05, 3.63) is 100 Å². The number of nitrogens with one attached hydrogen (secondary N) is 1. The molecular formula is C34H38N2O4. The third-order valence-electron chi connectivity index (χ3n) is 7.93. The SMILES string of the molecule is CCOC(=O)C(C)Oc1cccc(Cc2c(C)n(C)c3cc(C(=O)N[C@@H](C)c4ccc(C5CC5)cc4)ccc23)c1. The number of carbonyl (C=O) groups is 2. The Labute approximate surface area is 236 Å². The monoisotopic (exact) mass is 538 g/mol. The predicted molar refractivity (Wildman–Crippen MR) is 158 cm³/mol. The van der Waals surface area contributed by atoms with Gasteiger partial charge in [0.15, 0.2) is 6.10 Å². The van der Waals surface area contributed by atoms with E-state index in [1.54, 1.807) is 13.8 Å².